The van der Waals surface area contributed by atoms with Crippen molar-refractivity contribution in [3.05, 3.63) is 11.6 Å². The van der Waals surface area contributed by atoms with E-state index in [0.29, 0.717) is 5.92 Å². The van der Waals surface area contributed by atoms with Crippen molar-refractivity contribution in [1.29, 1.82) is 0 Å². The van der Waals surface area contributed by atoms with Crippen LogP contribution in [0.15, 0.2) is 0 Å². The fraction of sp³-hybridized carbons (Fsp3) is 0.875. The van der Waals surface area contributed by atoms with Crippen LogP contribution < -0.4 is 5.32 Å². The Morgan fingerprint density at radius 1 is 1.15 bits per heavy atom. The number of hydrogen-bond acceptors (Lipinski definition) is 3. The highest BCUT2D eigenvalue weighted by Gasteiger charge is 2.37. The predicted octanol–water partition coefficient (Wildman–Crippen LogP) is 3.27. The van der Waals surface area contributed by atoms with Gasteiger partial charge in [-0.05, 0) is 45.2 Å². The van der Waals surface area contributed by atoms with Gasteiger partial charge in [-0.25, -0.2) is 4.98 Å². The third-order valence-electron chi connectivity index (χ3n) is 5.26. The van der Waals surface area contributed by atoms with E-state index in [-0.39, 0.29) is 5.41 Å². The lowest BCUT2D eigenvalue weighted by atomic mass is 9.74. The molecule has 1 aliphatic heterocycles. The average molecular weight is 276 g/mol. The van der Waals surface area contributed by atoms with Gasteiger partial charge in [-0.15, -0.1) is 0 Å². The summed E-state index contributed by atoms with van der Waals surface area (Å²) in [7, 11) is 0. The summed E-state index contributed by atoms with van der Waals surface area (Å²) >= 11 is 0. The minimum absolute atomic E-state index is 0.226. The van der Waals surface area contributed by atoms with Gasteiger partial charge < -0.3 is 5.32 Å². The van der Waals surface area contributed by atoms with Crippen molar-refractivity contribution in [3.8, 4) is 0 Å². The van der Waals surface area contributed by atoms with E-state index < -0.39 is 0 Å². The Hall–Kier alpha value is -0.900. The fourth-order valence-corrected chi connectivity index (χ4v) is 4.04. The largest absolute Gasteiger partial charge is 0.317 e. The lowest BCUT2D eigenvalue weighted by molar-refractivity contribution is 0.271. The van der Waals surface area contributed by atoms with Crippen LogP contribution in [-0.4, -0.2) is 28.3 Å². The summed E-state index contributed by atoms with van der Waals surface area (Å²) in [5.41, 5.74) is 0.226. The number of nitrogens with one attached hydrogen (secondary N) is 2. The third-order valence-corrected chi connectivity index (χ3v) is 5.26. The van der Waals surface area contributed by atoms with Crippen LogP contribution in [0.4, 0.5) is 0 Å². The van der Waals surface area contributed by atoms with E-state index in [4.69, 9.17) is 4.98 Å². The van der Waals surface area contributed by atoms with Gasteiger partial charge in [0, 0.05) is 11.3 Å². The van der Waals surface area contributed by atoms with Gasteiger partial charge in [0.25, 0.3) is 0 Å². The van der Waals surface area contributed by atoms with Crippen molar-refractivity contribution in [2.75, 3.05) is 13.1 Å². The summed E-state index contributed by atoms with van der Waals surface area (Å²) in [6.45, 7) is 4.49. The van der Waals surface area contributed by atoms with Crippen LogP contribution in [0.1, 0.15) is 82.3 Å². The molecule has 0 unspecified atom stereocenters. The summed E-state index contributed by atoms with van der Waals surface area (Å²) in [6.07, 6.45) is 11.5. The zero-order valence-corrected chi connectivity index (χ0v) is 12.7. The van der Waals surface area contributed by atoms with Crippen LogP contribution in [0, 0.1) is 0 Å². The van der Waals surface area contributed by atoms with Crippen LogP contribution in [0.25, 0.3) is 0 Å². The molecule has 4 nitrogen and oxygen atoms in total. The lowest BCUT2D eigenvalue weighted by Gasteiger charge is -2.35. The molecular weight excluding hydrogens is 248 g/mol. The van der Waals surface area contributed by atoms with Gasteiger partial charge in [0.05, 0.1) is 0 Å². The summed E-state index contributed by atoms with van der Waals surface area (Å²) in [6, 6.07) is 0. The molecule has 0 aromatic carbocycles. The second-order valence-corrected chi connectivity index (χ2v) is 6.66. The van der Waals surface area contributed by atoms with Gasteiger partial charge in [-0.3, -0.25) is 5.10 Å². The van der Waals surface area contributed by atoms with Crippen molar-refractivity contribution in [3.63, 3.8) is 0 Å². The second kappa shape index (κ2) is 6.25. The monoisotopic (exact) mass is 276 g/mol. The molecule has 112 valence electrons. The molecule has 4 heteroatoms. The molecule has 1 aliphatic carbocycles. The number of hydrogen-bond donors (Lipinski definition) is 2. The number of aromatic nitrogens is 3. The summed E-state index contributed by atoms with van der Waals surface area (Å²) in [4.78, 5) is 4.95. The van der Waals surface area contributed by atoms with E-state index in [1.165, 1.54) is 57.8 Å². The first-order valence-corrected chi connectivity index (χ1v) is 8.47. The van der Waals surface area contributed by atoms with E-state index in [1.807, 2.05) is 0 Å². The molecule has 20 heavy (non-hydrogen) atoms. The number of nitrogens with zero attached hydrogens (tertiary/aromatic N) is 2. The van der Waals surface area contributed by atoms with Crippen molar-refractivity contribution in [1.82, 2.24) is 20.5 Å². The maximum Gasteiger partial charge on any atom is 0.156 e. The molecule has 1 saturated carbocycles. The SMILES string of the molecule is CCCC1(c2n[nH]c(C3CCCCC3)n2)CCNCC1. The van der Waals surface area contributed by atoms with E-state index >= 15 is 0 Å². The van der Waals surface area contributed by atoms with Crippen LogP contribution in [0.3, 0.4) is 0 Å². The molecule has 0 spiro atoms. The van der Waals surface area contributed by atoms with Crippen molar-refractivity contribution < 1.29 is 0 Å². The molecule has 1 aromatic heterocycles. The van der Waals surface area contributed by atoms with Crippen molar-refractivity contribution >= 4 is 0 Å². The molecule has 2 heterocycles. The molecule has 1 aromatic rings. The van der Waals surface area contributed by atoms with Gasteiger partial charge in [-0.2, -0.15) is 5.10 Å². The minimum atomic E-state index is 0.226. The number of piperidine rings is 1. The normalized spacial score (nSPS) is 23.9. The lowest BCUT2D eigenvalue weighted by Crippen LogP contribution is -2.40. The van der Waals surface area contributed by atoms with Crippen LogP contribution in [-0.2, 0) is 5.41 Å². The highest BCUT2D eigenvalue weighted by molar-refractivity contribution is 5.12. The molecule has 0 amide bonds. The van der Waals surface area contributed by atoms with Gasteiger partial charge in [0.15, 0.2) is 5.82 Å². The first-order valence-electron chi connectivity index (χ1n) is 8.47. The number of aromatic amines is 1. The van der Waals surface area contributed by atoms with E-state index in [1.54, 1.807) is 0 Å². The van der Waals surface area contributed by atoms with E-state index in [0.717, 1.165) is 24.7 Å². The standard InChI is InChI=1S/C16H28N4/c1-2-8-16(9-11-17-12-10-16)15-18-14(19-20-15)13-6-4-3-5-7-13/h13,17H,2-12H2,1H3,(H,18,19,20). The first kappa shape index (κ1) is 14.1. The topological polar surface area (TPSA) is 53.6 Å². The summed E-state index contributed by atoms with van der Waals surface area (Å²) in [5.74, 6) is 2.89. The van der Waals surface area contributed by atoms with Crippen molar-refractivity contribution in [2.24, 2.45) is 0 Å². The Balaban J connectivity index is 1.79. The third kappa shape index (κ3) is 2.76. The first-order chi connectivity index (χ1) is 9.84. The smallest absolute Gasteiger partial charge is 0.156 e. The Bertz CT molecular complexity index is 408. The molecule has 2 aliphatic rings. The average Bonchev–Trinajstić information content (AvgIpc) is 3.00. The molecule has 2 N–H and O–H groups in total. The molecule has 0 radical (unpaired) electrons. The predicted molar refractivity (Wildman–Crippen MR) is 80.9 cm³/mol. The van der Waals surface area contributed by atoms with Gasteiger partial charge in [-0.1, -0.05) is 32.6 Å². The Labute approximate surface area is 122 Å². The Morgan fingerprint density at radius 2 is 1.90 bits per heavy atom. The van der Waals surface area contributed by atoms with E-state index in [2.05, 4.69) is 22.4 Å². The maximum atomic E-state index is 4.95. The molecule has 0 atom stereocenters. The highest BCUT2D eigenvalue weighted by atomic mass is 15.2. The van der Waals surface area contributed by atoms with Gasteiger partial charge in [0.1, 0.15) is 5.82 Å². The van der Waals surface area contributed by atoms with Crippen LogP contribution >= 0.6 is 0 Å². The molecule has 1 saturated heterocycles. The molecule has 0 bridgehead atoms. The van der Waals surface area contributed by atoms with Crippen LogP contribution in [0.2, 0.25) is 0 Å². The molecule has 3 rings (SSSR count). The number of rotatable bonds is 4. The van der Waals surface area contributed by atoms with Gasteiger partial charge >= 0.3 is 0 Å². The maximum absolute atomic E-state index is 4.95. The second-order valence-electron chi connectivity index (χ2n) is 6.66. The fourth-order valence-electron chi connectivity index (χ4n) is 4.04. The highest BCUT2D eigenvalue weighted by Crippen LogP contribution is 2.37. The summed E-state index contributed by atoms with van der Waals surface area (Å²) in [5, 5.41) is 11.4. The number of H-pyrrole nitrogens is 1. The van der Waals surface area contributed by atoms with E-state index in [9.17, 15) is 0 Å². The van der Waals surface area contributed by atoms with Crippen LogP contribution in [0.5, 0.6) is 0 Å². The minimum Gasteiger partial charge on any atom is -0.317 e. The van der Waals surface area contributed by atoms with Gasteiger partial charge in [0.2, 0.25) is 0 Å². The molecule has 2 fully saturated rings. The summed E-state index contributed by atoms with van der Waals surface area (Å²) < 4.78 is 0. The zero-order valence-electron chi connectivity index (χ0n) is 12.7. The quantitative estimate of drug-likeness (QED) is 0.887. The Morgan fingerprint density at radius 3 is 2.60 bits per heavy atom. The van der Waals surface area contributed by atoms with Crippen molar-refractivity contribution in [2.45, 2.75) is 76.0 Å². The zero-order chi connectivity index (χ0) is 13.8. The molecular formula is C16H28N4. The Kier molecular flexibility index (Phi) is 4.39.